The molecule has 2 aromatic carbocycles. The van der Waals surface area contributed by atoms with E-state index in [9.17, 15) is 13.2 Å². The van der Waals surface area contributed by atoms with Crippen molar-refractivity contribution in [3.63, 3.8) is 0 Å². The SMILES string of the molecule is C[C@H](NC(=O)CN(Cc1ccccc1)S(C)(=O)=O)c1cccc(Br)c1. The number of hydrogen-bond acceptors (Lipinski definition) is 3. The van der Waals surface area contributed by atoms with E-state index in [1.807, 2.05) is 61.5 Å². The summed E-state index contributed by atoms with van der Waals surface area (Å²) in [6, 6.07) is 16.6. The van der Waals surface area contributed by atoms with Gasteiger partial charge >= 0.3 is 0 Å². The smallest absolute Gasteiger partial charge is 0.235 e. The highest BCUT2D eigenvalue weighted by atomic mass is 79.9. The molecule has 5 nitrogen and oxygen atoms in total. The molecule has 0 saturated heterocycles. The zero-order chi connectivity index (χ0) is 18.4. The van der Waals surface area contributed by atoms with Gasteiger partial charge in [-0.1, -0.05) is 58.4 Å². The summed E-state index contributed by atoms with van der Waals surface area (Å²) in [5, 5.41) is 2.85. The van der Waals surface area contributed by atoms with Gasteiger partial charge in [-0.25, -0.2) is 8.42 Å². The summed E-state index contributed by atoms with van der Waals surface area (Å²) < 4.78 is 26.1. The zero-order valence-corrected chi connectivity index (χ0v) is 16.5. The Balaban J connectivity index is 2.04. The van der Waals surface area contributed by atoms with Crippen molar-refractivity contribution in [3.05, 3.63) is 70.2 Å². The highest BCUT2D eigenvalue weighted by Crippen LogP contribution is 2.18. The van der Waals surface area contributed by atoms with Crippen LogP contribution in [0.3, 0.4) is 0 Å². The number of carbonyl (C=O) groups is 1. The molecular formula is C18H21BrN2O3S. The maximum Gasteiger partial charge on any atom is 0.235 e. The summed E-state index contributed by atoms with van der Waals surface area (Å²) in [4.78, 5) is 12.3. The fourth-order valence-electron chi connectivity index (χ4n) is 2.38. The summed E-state index contributed by atoms with van der Waals surface area (Å²) >= 11 is 3.40. The molecule has 0 unspecified atom stereocenters. The van der Waals surface area contributed by atoms with E-state index in [0.717, 1.165) is 21.9 Å². The average Bonchev–Trinajstić information content (AvgIpc) is 2.54. The van der Waals surface area contributed by atoms with Crippen LogP contribution in [0.4, 0.5) is 0 Å². The number of sulfonamides is 1. The minimum absolute atomic E-state index is 0.165. The Labute approximate surface area is 157 Å². The summed E-state index contributed by atoms with van der Waals surface area (Å²) in [6.45, 7) is 1.81. The van der Waals surface area contributed by atoms with Crippen molar-refractivity contribution < 1.29 is 13.2 Å². The van der Waals surface area contributed by atoms with Gasteiger partial charge in [0, 0.05) is 11.0 Å². The van der Waals surface area contributed by atoms with Crippen LogP contribution in [0, 0.1) is 0 Å². The fourth-order valence-corrected chi connectivity index (χ4v) is 3.54. The molecule has 0 fully saturated rings. The molecule has 0 bridgehead atoms. The standard InChI is InChI=1S/C18H21BrN2O3S/c1-14(16-9-6-10-17(19)11-16)20-18(22)13-21(25(2,23)24)12-15-7-4-3-5-8-15/h3-11,14H,12-13H2,1-2H3,(H,20,22)/t14-/m0/s1. The lowest BCUT2D eigenvalue weighted by atomic mass is 10.1. The minimum Gasteiger partial charge on any atom is -0.348 e. The molecule has 0 aliphatic rings. The van der Waals surface area contributed by atoms with Crippen LogP contribution in [0.5, 0.6) is 0 Å². The lowest BCUT2D eigenvalue weighted by Crippen LogP contribution is -2.40. The van der Waals surface area contributed by atoms with Gasteiger partial charge in [0.25, 0.3) is 0 Å². The number of benzene rings is 2. The number of hydrogen-bond donors (Lipinski definition) is 1. The molecule has 0 saturated carbocycles. The van der Waals surface area contributed by atoms with E-state index >= 15 is 0 Å². The molecule has 25 heavy (non-hydrogen) atoms. The largest absolute Gasteiger partial charge is 0.348 e. The summed E-state index contributed by atoms with van der Waals surface area (Å²) in [5.74, 6) is -0.339. The zero-order valence-electron chi connectivity index (χ0n) is 14.1. The third-order valence-electron chi connectivity index (χ3n) is 3.72. The van der Waals surface area contributed by atoms with Crippen LogP contribution in [0.25, 0.3) is 0 Å². The van der Waals surface area contributed by atoms with Crippen molar-refractivity contribution in [1.82, 2.24) is 9.62 Å². The van der Waals surface area contributed by atoms with E-state index in [2.05, 4.69) is 21.2 Å². The maximum atomic E-state index is 12.3. The van der Waals surface area contributed by atoms with Gasteiger partial charge in [-0.2, -0.15) is 4.31 Å². The van der Waals surface area contributed by atoms with Crippen molar-refractivity contribution in [2.45, 2.75) is 19.5 Å². The van der Waals surface area contributed by atoms with Gasteiger partial charge in [0.05, 0.1) is 18.8 Å². The number of halogens is 1. The fraction of sp³-hybridized carbons (Fsp3) is 0.278. The van der Waals surface area contributed by atoms with Gasteiger partial charge in [-0.05, 0) is 30.2 Å². The van der Waals surface area contributed by atoms with Crippen molar-refractivity contribution in [1.29, 1.82) is 0 Å². The van der Waals surface area contributed by atoms with Crippen LogP contribution < -0.4 is 5.32 Å². The van der Waals surface area contributed by atoms with Gasteiger partial charge in [-0.15, -0.1) is 0 Å². The molecule has 1 atom stereocenters. The Hall–Kier alpha value is -1.70. The molecule has 1 amide bonds. The minimum atomic E-state index is -3.50. The Bertz CT molecular complexity index is 825. The third kappa shape index (κ3) is 6.26. The number of nitrogens with one attached hydrogen (secondary N) is 1. The van der Waals surface area contributed by atoms with Gasteiger partial charge in [0.15, 0.2) is 0 Å². The normalized spacial score (nSPS) is 12.8. The van der Waals surface area contributed by atoms with Crippen molar-refractivity contribution in [2.75, 3.05) is 12.8 Å². The molecule has 2 rings (SSSR count). The van der Waals surface area contributed by atoms with Crippen LogP contribution in [0.15, 0.2) is 59.1 Å². The van der Waals surface area contributed by atoms with Crippen LogP contribution >= 0.6 is 15.9 Å². The second-order valence-corrected chi connectivity index (χ2v) is 8.76. The van der Waals surface area contributed by atoms with Crippen molar-refractivity contribution >= 4 is 31.9 Å². The molecular weight excluding hydrogens is 404 g/mol. The summed E-state index contributed by atoms with van der Waals surface area (Å²) in [6.07, 6.45) is 1.11. The highest BCUT2D eigenvalue weighted by Gasteiger charge is 2.21. The van der Waals surface area contributed by atoms with E-state index in [0.29, 0.717) is 0 Å². The molecule has 134 valence electrons. The number of rotatable bonds is 7. The molecule has 0 aliphatic carbocycles. The molecule has 0 radical (unpaired) electrons. The van der Waals surface area contributed by atoms with E-state index in [1.54, 1.807) is 0 Å². The Morgan fingerprint density at radius 2 is 1.84 bits per heavy atom. The number of nitrogens with zero attached hydrogens (tertiary/aromatic N) is 1. The maximum absolute atomic E-state index is 12.3. The van der Waals surface area contributed by atoms with Crippen molar-refractivity contribution in [2.24, 2.45) is 0 Å². The number of amides is 1. The predicted octanol–water partition coefficient (Wildman–Crippen LogP) is 3.09. The lowest BCUT2D eigenvalue weighted by molar-refractivity contribution is -0.122. The molecule has 7 heteroatoms. The molecule has 0 spiro atoms. The van der Waals surface area contributed by atoms with Crippen LogP contribution in [-0.4, -0.2) is 31.4 Å². The van der Waals surface area contributed by atoms with E-state index < -0.39 is 10.0 Å². The number of carbonyl (C=O) groups excluding carboxylic acids is 1. The van der Waals surface area contributed by atoms with Crippen molar-refractivity contribution in [3.8, 4) is 0 Å². The van der Waals surface area contributed by atoms with Crippen LogP contribution in [-0.2, 0) is 21.4 Å². The Morgan fingerprint density at radius 1 is 1.16 bits per heavy atom. The van der Waals surface area contributed by atoms with Crippen LogP contribution in [0.1, 0.15) is 24.1 Å². The van der Waals surface area contributed by atoms with E-state index in [4.69, 9.17) is 0 Å². The van der Waals surface area contributed by atoms with Gasteiger partial charge in [0.1, 0.15) is 0 Å². The Morgan fingerprint density at radius 3 is 2.44 bits per heavy atom. The molecule has 0 heterocycles. The lowest BCUT2D eigenvalue weighted by Gasteiger charge is -2.21. The summed E-state index contributed by atoms with van der Waals surface area (Å²) in [7, 11) is -3.50. The topological polar surface area (TPSA) is 66.5 Å². The molecule has 0 aromatic heterocycles. The quantitative estimate of drug-likeness (QED) is 0.742. The first kappa shape index (κ1) is 19.6. The molecule has 2 aromatic rings. The Kier molecular flexibility index (Phi) is 6.75. The predicted molar refractivity (Wildman–Crippen MR) is 102 cm³/mol. The first-order valence-corrected chi connectivity index (χ1v) is 10.4. The second kappa shape index (κ2) is 8.60. The second-order valence-electron chi connectivity index (χ2n) is 5.86. The van der Waals surface area contributed by atoms with Gasteiger partial charge < -0.3 is 5.32 Å². The first-order valence-electron chi connectivity index (χ1n) is 7.79. The summed E-state index contributed by atoms with van der Waals surface area (Å²) in [5.41, 5.74) is 1.78. The van der Waals surface area contributed by atoms with Crippen LogP contribution in [0.2, 0.25) is 0 Å². The third-order valence-corrected chi connectivity index (χ3v) is 5.41. The van der Waals surface area contributed by atoms with Gasteiger partial charge in [0.2, 0.25) is 15.9 Å². The first-order chi connectivity index (χ1) is 11.8. The van der Waals surface area contributed by atoms with Gasteiger partial charge in [-0.3, -0.25) is 4.79 Å². The highest BCUT2D eigenvalue weighted by molar-refractivity contribution is 9.10. The molecule has 0 aliphatic heterocycles. The molecule has 1 N–H and O–H groups in total. The average molecular weight is 425 g/mol. The van der Waals surface area contributed by atoms with E-state index in [1.165, 1.54) is 4.31 Å². The van der Waals surface area contributed by atoms with E-state index in [-0.39, 0.29) is 25.0 Å². The monoisotopic (exact) mass is 424 g/mol.